The summed E-state index contributed by atoms with van der Waals surface area (Å²) in [5.74, 6) is -2.01. The average molecular weight is 214 g/mol. The molecule has 5 nitrogen and oxygen atoms in total. The lowest BCUT2D eigenvalue weighted by molar-refractivity contribution is -0.139. The fraction of sp³-hybridized carbons (Fsp3) is 0.400. The third-order valence-corrected chi connectivity index (χ3v) is 1.49. The first-order valence-electron chi connectivity index (χ1n) is 4.37. The molecule has 0 aliphatic heterocycles. The van der Waals surface area contributed by atoms with Gasteiger partial charge < -0.3 is 14.9 Å². The fourth-order valence-electron chi connectivity index (χ4n) is 0.682. The Balaban J connectivity index is 4.19. The minimum Gasteiger partial charge on any atom is -0.505 e. The number of carbonyl (C=O) groups is 2. The quantitative estimate of drug-likeness (QED) is 0.291. The molecule has 0 aliphatic rings. The lowest BCUT2D eigenvalue weighted by Crippen LogP contribution is -2.10. The van der Waals surface area contributed by atoms with E-state index in [2.05, 4.69) is 6.58 Å². The number of ketones is 1. The predicted molar refractivity (Wildman–Crippen MR) is 53.2 cm³/mol. The van der Waals surface area contributed by atoms with Gasteiger partial charge in [-0.15, -0.1) is 0 Å². The lowest BCUT2D eigenvalue weighted by Gasteiger charge is -2.02. The minimum absolute atomic E-state index is 0.0670. The van der Waals surface area contributed by atoms with Crippen LogP contribution in [0.4, 0.5) is 0 Å². The molecule has 0 amide bonds. The van der Waals surface area contributed by atoms with Crippen LogP contribution in [0.1, 0.15) is 13.3 Å². The van der Waals surface area contributed by atoms with Gasteiger partial charge in [-0.1, -0.05) is 6.58 Å². The molecular weight excluding hydrogens is 200 g/mol. The molecule has 0 rings (SSSR count). The van der Waals surface area contributed by atoms with Crippen molar-refractivity contribution >= 4 is 11.8 Å². The van der Waals surface area contributed by atoms with Crippen LogP contribution >= 0.6 is 0 Å². The first-order chi connectivity index (χ1) is 6.99. The van der Waals surface area contributed by atoms with E-state index < -0.39 is 17.5 Å². The molecule has 0 radical (unpaired) electrons. The highest BCUT2D eigenvalue weighted by atomic mass is 16.5. The van der Waals surface area contributed by atoms with Crippen molar-refractivity contribution in [3.8, 4) is 0 Å². The van der Waals surface area contributed by atoms with Gasteiger partial charge in [-0.2, -0.15) is 0 Å². The number of aliphatic hydroxyl groups excluding tert-OH is 2. The van der Waals surface area contributed by atoms with Crippen LogP contribution in [0.15, 0.2) is 24.0 Å². The molecule has 0 unspecified atom stereocenters. The Morgan fingerprint density at radius 1 is 1.47 bits per heavy atom. The van der Waals surface area contributed by atoms with Crippen LogP contribution in [-0.4, -0.2) is 35.2 Å². The third kappa shape index (κ3) is 5.64. The van der Waals surface area contributed by atoms with Gasteiger partial charge in [0.15, 0.2) is 5.76 Å². The van der Waals surface area contributed by atoms with Gasteiger partial charge in [0, 0.05) is 18.6 Å². The Kier molecular flexibility index (Phi) is 6.05. The van der Waals surface area contributed by atoms with E-state index in [4.69, 9.17) is 14.9 Å². The number of aliphatic hydroxyl groups is 2. The molecule has 0 aliphatic carbocycles. The van der Waals surface area contributed by atoms with E-state index in [1.165, 1.54) is 6.92 Å². The summed E-state index contributed by atoms with van der Waals surface area (Å²) in [7, 11) is 0. The molecular formula is C10H14O5. The molecule has 0 aromatic rings. The maximum Gasteiger partial charge on any atom is 0.333 e. The molecule has 0 aromatic heterocycles. The number of esters is 1. The molecule has 84 valence electrons. The van der Waals surface area contributed by atoms with Crippen molar-refractivity contribution in [1.29, 1.82) is 0 Å². The number of ether oxygens (including phenoxy) is 1. The SMILES string of the molecule is C=C(O)C(=O)C=C(C)C(=O)OCCCO. The van der Waals surface area contributed by atoms with Gasteiger partial charge in [-0.05, 0) is 13.0 Å². The molecule has 0 bridgehead atoms. The summed E-state index contributed by atoms with van der Waals surface area (Å²) in [5, 5.41) is 17.1. The van der Waals surface area contributed by atoms with E-state index in [9.17, 15) is 9.59 Å². The Hall–Kier alpha value is -1.62. The van der Waals surface area contributed by atoms with Crippen molar-refractivity contribution in [3.05, 3.63) is 24.0 Å². The first kappa shape index (κ1) is 13.4. The van der Waals surface area contributed by atoms with Gasteiger partial charge in [0.2, 0.25) is 5.78 Å². The van der Waals surface area contributed by atoms with Gasteiger partial charge in [-0.3, -0.25) is 4.79 Å². The van der Waals surface area contributed by atoms with Gasteiger partial charge >= 0.3 is 5.97 Å². The van der Waals surface area contributed by atoms with E-state index in [0.717, 1.165) is 6.08 Å². The van der Waals surface area contributed by atoms with Crippen LogP contribution in [0.5, 0.6) is 0 Å². The Bertz CT molecular complexity index is 290. The van der Waals surface area contributed by atoms with E-state index in [1.807, 2.05) is 0 Å². The van der Waals surface area contributed by atoms with E-state index in [-0.39, 0.29) is 18.8 Å². The largest absolute Gasteiger partial charge is 0.505 e. The van der Waals surface area contributed by atoms with Crippen LogP contribution in [-0.2, 0) is 14.3 Å². The van der Waals surface area contributed by atoms with Crippen molar-refractivity contribution in [2.75, 3.05) is 13.2 Å². The molecule has 2 N–H and O–H groups in total. The monoisotopic (exact) mass is 214 g/mol. The smallest absolute Gasteiger partial charge is 0.333 e. The van der Waals surface area contributed by atoms with Crippen LogP contribution in [0.3, 0.4) is 0 Å². The average Bonchev–Trinajstić information content (AvgIpc) is 2.17. The molecule has 15 heavy (non-hydrogen) atoms. The summed E-state index contributed by atoms with van der Waals surface area (Å²) in [6.45, 7) is 4.44. The highest BCUT2D eigenvalue weighted by Crippen LogP contribution is 2.00. The van der Waals surface area contributed by atoms with Crippen LogP contribution < -0.4 is 0 Å². The van der Waals surface area contributed by atoms with Crippen LogP contribution in [0, 0.1) is 0 Å². The lowest BCUT2D eigenvalue weighted by atomic mass is 10.2. The Morgan fingerprint density at radius 3 is 2.53 bits per heavy atom. The van der Waals surface area contributed by atoms with Gasteiger partial charge in [0.05, 0.1) is 6.61 Å². The zero-order chi connectivity index (χ0) is 11.8. The standard InChI is InChI=1S/C10H14O5/c1-7(6-9(13)8(2)12)10(14)15-5-3-4-11/h6,11-12H,2-5H2,1H3. The van der Waals surface area contributed by atoms with Gasteiger partial charge in [0.25, 0.3) is 0 Å². The topological polar surface area (TPSA) is 83.8 Å². The molecule has 0 aromatic carbocycles. The van der Waals surface area contributed by atoms with E-state index in [0.29, 0.717) is 6.42 Å². The molecule has 0 heterocycles. The number of allylic oxidation sites excluding steroid dienone is 1. The molecule has 5 heteroatoms. The Morgan fingerprint density at radius 2 is 2.07 bits per heavy atom. The van der Waals surface area contributed by atoms with Crippen LogP contribution in [0.25, 0.3) is 0 Å². The van der Waals surface area contributed by atoms with Crippen molar-refractivity contribution in [2.45, 2.75) is 13.3 Å². The van der Waals surface area contributed by atoms with Crippen molar-refractivity contribution in [2.24, 2.45) is 0 Å². The molecule has 0 saturated carbocycles. The molecule has 0 fully saturated rings. The van der Waals surface area contributed by atoms with Crippen molar-refractivity contribution < 1.29 is 24.5 Å². The second-order valence-electron chi connectivity index (χ2n) is 2.85. The van der Waals surface area contributed by atoms with E-state index in [1.54, 1.807) is 0 Å². The second kappa shape index (κ2) is 6.78. The molecule has 0 saturated heterocycles. The second-order valence-corrected chi connectivity index (χ2v) is 2.85. The third-order valence-electron chi connectivity index (χ3n) is 1.49. The number of rotatable bonds is 6. The fourth-order valence-corrected chi connectivity index (χ4v) is 0.682. The Labute approximate surface area is 87.7 Å². The number of hydrogen-bond donors (Lipinski definition) is 2. The van der Waals surface area contributed by atoms with Gasteiger partial charge in [-0.25, -0.2) is 4.79 Å². The highest BCUT2D eigenvalue weighted by Gasteiger charge is 2.09. The predicted octanol–water partition coefficient (Wildman–Crippen LogP) is 0.499. The maximum absolute atomic E-state index is 11.1. The van der Waals surface area contributed by atoms with Crippen molar-refractivity contribution in [3.63, 3.8) is 0 Å². The van der Waals surface area contributed by atoms with Crippen LogP contribution in [0.2, 0.25) is 0 Å². The summed E-state index contributed by atoms with van der Waals surface area (Å²) >= 11 is 0. The van der Waals surface area contributed by atoms with E-state index >= 15 is 0 Å². The summed E-state index contributed by atoms with van der Waals surface area (Å²) < 4.78 is 4.69. The minimum atomic E-state index is -0.730. The summed E-state index contributed by atoms with van der Waals surface area (Å²) in [4.78, 5) is 22.1. The molecule has 0 atom stereocenters. The highest BCUT2D eigenvalue weighted by molar-refractivity contribution is 6.06. The first-order valence-corrected chi connectivity index (χ1v) is 4.37. The van der Waals surface area contributed by atoms with Gasteiger partial charge in [0.1, 0.15) is 0 Å². The zero-order valence-corrected chi connectivity index (χ0v) is 8.52. The summed E-state index contributed by atoms with van der Waals surface area (Å²) in [5.41, 5.74) is 0.0770. The summed E-state index contributed by atoms with van der Waals surface area (Å²) in [6, 6.07) is 0. The number of carbonyl (C=O) groups excluding carboxylic acids is 2. The zero-order valence-electron chi connectivity index (χ0n) is 8.52. The maximum atomic E-state index is 11.1. The normalized spacial score (nSPS) is 10.9. The molecule has 0 spiro atoms. The number of hydrogen-bond acceptors (Lipinski definition) is 5. The van der Waals surface area contributed by atoms with Crippen molar-refractivity contribution in [1.82, 2.24) is 0 Å². The summed E-state index contributed by atoms with van der Waals surface area (Å²) in [6.07, 6.45) is 1.29.